The van der Waals surface area contributed by atoms with E-state index in [1.54, 1.807) is 0 Å². The van der Waals surface area contributed by atoms with Crippen molar-refractivity contribution in [3.05, 3.63) is 65.9 Å². The molecule has 0 bridgehead atoms. The van der Waals surface area contributed by atoms with Gasteiger partial charge in [0.2, 0.25) is 0 Å². The van der Waals surface area contributed by atoms with Crippen LogP contribution < -0.4 is 4.74 Å². The lowest BCUT2D eigenvalue weighted by atomic mass is 10.1. The highest BCUT2D eigenvalue weighted by Crippen LogP contribution is 2.21. The fraction of sp³-hybridized carbons (Fsp3) is 0.263. The SMILES string of the molecule is CCCCc1cccc(OCc2c[nH]c3ccccc23)c1. The van der Waals surface area contributed by atoms with E-state index in [-0.39, 0.29) is 0 Å². The highest BCUT2D eigenvalue weighted by atomic mass is 16.5. The second-order valence-corrected chi connectivity index (χ2v) is 5.40. The van der Waals surface area contributed by atoms with Gasteiger partial charge in [0.15, 0.2) is 0 Å². The van der Waals surface area contributed by atoms with Crippen LogP contribution in [-0.2, 0) is 13.0 Å². The Morgan fingerprint density at radius 3 is 2.86 bits per heavy atom. The number of fused-ring (bicyclic) bond motifs is 1. The van der Waals surface area contributed by atoms with Gasteiger partial charge in [0.1, 0.15) is 12.4 Å². The van der Waals surface area contributed by atoms with Gasteiger partial charge >= 0.3 is 0 Å². The van der Waals surface area contributed by atoms with Crippen LogP contribution in [0.25, 0.3) is 10.9 Å². The lowest BCUT2D eigenvalue weighted by Crippen LogP contribution is -1.95. The second-order valence-electron chi connectivity index (χ2n) is 5.40. The van der Waals surface area contributed by atoms with Crippen molar-refractivity contribution in [1.29, 1.82) is 0 Å². The average Bonchev–Trinajstić information content (AvgIpc) is 2.95. The molecular formula is C19H21NO. The zero-order chi connectivity index (χ0) is 14.5. The number of rotatable bonds is 6. The fourth-order valence-corrected chi connectivity index (χ4v) is 2.58. The molecule has 1 heterocycles. The van der Waals surface area contributed by atoms with E-state index in [9.17, 15) is 0 Å². The van der Waals surface area contributed by atoms with Crippen molar-refractivity contribution >= 4 is 10.9 Å². The third-order valence-corrected chi connectivity index (χ3v) is 3.79. The number of ether oxygens (including phenoxy) is 1. The van der Waals surface area contributed by atoms with Crippen LogP contribution in [0.15, 0.2) is 54.7 Å². The minimum atomic E-state index is 0.598. The third kappa shape index (κ3) is 3.27. The van der Waals surface area contributed by atoms with Gasteiger partial charge < -0.3 is 9.72 Å². The molecule has 0 aliphatic rings. The number of hydrogen-bond acceptors (Lipinski definition) is 1. The predicted octanol–water partition coefficient (Wildman–Crippen LogP) is 5.09. The summed E-state index contributed by atoms with van der Waals surface area (Å²) in [6, 6.07) is 16.8. The third-order valence-electron chi connectivity index (χ3n) is 3.79. The van der Waals surface area contributed by atoms with Crippen LogP contribution in [0.2, 0.25) is 0 Å². The van der Waals surface area contributed by atoms with E-state index < -0.39 is 0 Å². The van der Waals surface area contributed by atoms with E-state index in [0.717, 1.165) is 17.7 Å². The van der Waals surface area contributed by atoms with Crippen LogP contribution in [0, 0.1) is 0 Å². The van der Waals surface area contributed by atoms with E-state index in [1.165, 1.54) is 29.4 Å². The number of benzene rings is 2. The summed E-state index contributed by atoms with van der Waals surface area (Å²) in [4.78, 5) is 3.28. The Kier molecular flexibility index (Phi) is 4.25. The second kappa shape index (κ2) is 6.49. The molecule has 0 radical (unpaired) electrons. The van der Waals surface area contributed by atoms with Gasteiger partial charge in [-0.25, -0.2) is 0 Å². The van der Waals surface area contributed by atoms with Crippen molar-refractivity contribution in [3.8, 4) is 5.75 Å². The standard InChI is InChI=1S/C19H21NO/c1-2-3-7-15-8-6-9-17(12-15)21-14-16-13-20-19-11-5-4-10-18(16)19/h4-6,8-13,20H,2-3,7,14H2,1H3. The first-order valence-electron chi connectivity index (χ1n) is 7.63. The minimum Gasteiger partial charge on any atom is -0.489 e. The summed E-state index contributed by atoms with van der Waals surface area (Å²) in [6.45, 7) is 2.82. The van der Waals surface area contributed by atoms with Gasteiger partial charge in [-0.2, -0.15) is 0 Å². The van der Waals surface area contributed by atoms with Crippen LogP contribution in [0.5, 0.6) is 5.75 Å². The van der Waals surface area contributed by atoms with Crippen LogP contribution in [0.4, 0.5) is 0 Å². The molecular weight excluding hydrogens is 258 g/mol. The molecule has 3 aromatic rings. The number of aromatic amines is 1. The molecule has 0 saturated carbocycles. The van der Waals surface area contributed by atoms with Gasteiger partial charge in [-0.05, 0) is 36.6 Å². The topological polar surface area (TPSA) is 25.0 Å². The Hall–Kier alpha value is -2.22. The van der Waals surface area contributed by atoms with Crippen molar-refractivity contribution in [2.45, 2.75) is 32.8 Å². The van der Waals surface area contributed by atoms with Crippen molar-refractivity contribution < 1.29 is 4.74 Å². The van der Waals surface area contributed by atoms with Gasteiger partial charge in [0.25, 0.3) is 0 Å². The molecule has 108 valence electrons. The van der Waals surface area contributed by atoms with E-state index in [1.807, 2.05) is 18.3 Å². The first-order chi connectivity index (χ1) is 10.4. The summed E-state index contributed by atoms with van der Waals surface area (Å²) < 4.78 is 5.96. The molecule has 0 amide bonds. The number of aromatic nitrogens is 1. The summed E-state index contributed by atoms with van der Waals surface area (Å²) in [5.74, 6) is 0.953. The molecule has 0 fully saturated rings. The largest absolute Gasteiger partial charge is 0.489 e. The van der Waals surface area contributed by atoms with Gasteiger partial charge in [-0.15, -0.1) is 0 Å². The lowest BCUT2D eigenvalue weighted by Gasteiger charge is -2.07. The Balaban J connectivity index is 1.70. The summed E-state index contributed by atoms with van der Waals surface area (Å²) in [5, 5.41) is 1.24. The zero-order valence-corrected chi connectivity index (χ0v) is 12.4. The summed E-state index contributed by atoms with van der Waals surface area (Å²) in [5.41, 5.74) is 3.71. The Labute approximate surface area is 125 Å². The number of unbranched alkanes of at least 4 members (excludes halogenated alkanes) is 1. The molecule has 0 unspecified atom stereocenters. The van der Waals surface area contributed by atoms with Crippen LogP contribution in [-0.4, -0.2) is 4.98 Å². The van der Waals surface area contributed by atoms with E-state index in [4.69, 9.17) is 4.74 Å². The van der Waals surface area contributed by atoms with Gasteiger partial charge in [0, 0.05) is 22.7 Å². The molecule has 0 aliphatic heterocycles. The maximum absolute atomic E-state index is 5.96. The van der Waals surface area contributed by atoms with E-state index in [0.29, 0.717) is 6.61 Å². The monoisotopic (exact) mass is 279 g/mol. The van der Waals surface area contributed by atoms with Crippen LogP contribution in [0.1, 0.15) is 30.9 Å². The Morgan fingerprint density at radius 2 is 1.95 bits per heavy atom. The molecule has 0 aliphatic carbocycles. The van der Waals surface area contributed by atoms with E-state index >= 15 is 0 Å². The number of H-pyrrole nitrogens is 1. The molecule has 2 nitrogen and oxygen atoms in total. The Bertz CT molecular complexity index is 714. The number of nitrogens with one attached hydrogen (secondary N) is 1. The first-order valence-corrected chi connectivity index (χ1v) is 7.63. The molecule has 21 heavy (non-hydrogen) atoms. The molecule has 0 atom stereocenters. The van der Waals surface area contributed by atoms with Crippen molar-refractivity contribution in [2.24, 2.45) is 0 Å². The molecule has 1 N–H and O–H groups in total. The first kappa shape index (κ1) is 13.7. The molecule has 1 aromatic heterocycles. The number of hydrogen-bond donors (Lipinski definition) is 1. The molecule has 3 rings (SSSR count). The van der Waals surface area contributed by atoms with Gasteiger partial charge in [-0.3, -0.25) is 0 Å². The normalized spacial score (nSPS) is 10.9. The van der Waals surface area contributed by atoms with Crippen molar-refractivity contribution in [2.75, 3.05) is 0 Å². The predicted molar refractivity (Wildman–Crippen MR) is 87.7 cm³/mol. The van der Waals surface area contributed by atoms with Crippen LogP contribution in [0.3, 0.4) is 0 Å². The molecule has 2 heteroatoms. The Morgan fingerprint density at radius 1 is 1.05 bits per heavy atom. The minimum absolute atomic E-state index is 0.598. The van der Waals surface area contributed by atoms with Crippen molar-refractivity contribution in [3.63, 3.8) is 0 Å². The number of para-hydroxylation sites is 1. The highest BCUT2D eigenvalue weighted by molar-refractivity contribution is 5.82. The molecule has 2 aromatic carbocycles. The molecule has 0 saturated heterocycles. The fourth-order valence-electron chi connectivity index (χ4n) is 2.58. The van der Waals surface area contributed by atoms with Crippen molar-refractivity contribution in [1.82, 2.24) is 4.98 Å². The number of aryl methyl sites for hydroxylation is 1. The molecule has 0 spiro atoms. The van der Waals surface area contributed by atoms with Gasteiger partial charge in [-0.1, -0.05) is 43.7 Å². The zero-order valence-electron chi connectivity index (χ0n) is 12.4. The quantitative estimate of drug-likeness (QED) is 0.668. The maximum Gasteiger partial charge on any atom is 0.120 e. The maximum atomic E-state index is 5.96. The summed E-state index contributed by atoms with van der Waals surface area (Å²) in [7, 11) is 0. The average molecular weight is 279 g/mol. The summed E-state index contributed by atoms with van der Waals surface area (Å²) >= 11 is 0. The van der Waals surface area contributed by atoms with Crippen LogP contribution >= 0.6 is 0 Å². The summed E-state index contributed by atoms with van der Waals surface area (Å²) in [6.07, 6.45) is 5.61. The smallest absolute Gasteiger partial charge is 0.120 e. The highest BCUT2D eigenvalue weighted by Gasteiger charge is 2.04. The van der Waals surface area contributed by atoms with Gasteiger partial charge in [0.05, 0.1) is 0 Å². The lowest BCUT2D eigenvalue weighted by molar-refractivity contribution is 0.307. The van der Waals surface area contributed by atoms with E-state index in [2.05, 4.69) is 48.3 Å².